The van der Waals surface area contributed by atoms with Gasteiger partial charge in [0.15, 0.2) is 0 Å². The number of aliphatic hydroxyl groups is 1. The van der Waals surface area contributed by atoms with E-state index in [4.69, 9.17) is 5.73 Å². The van der Waals surface area contributed by atoms with E-state index in [1.54, 1.807) is 0 Å². The van der Waals surface area contributed by atoms with Crippen molar-refractivity contribution in [3.8, 4) is 0 Å². The number of nitrogens with two attached hydrogens (primary N) is 1. The molecule has 0 saturated carbocycles. The van der Waals surface area contributed by atoms with Crippen LogP contribution in [-0.4, -0.2) is 48.2 Å². The predicted molar refractivity (Wildman–Crippen MR) is 91.8 cm³/mol. The number of nitrogens with one attached hydrogen (secondary N) is 1. The highest BCUT2D eigenvalue weighted by atomic mass is 16.3. The molecule has 1 aromatic carbocycles. The van der Waals surface area contributed by atoms with Crippen LogP contribution in [-0.2, 0) is 4.79 Å². The fourth-order valence-electron chi connectivity index (χ4n) is 2.95. The summed E-state index contributed by atoms with van der Waals surface area (Å²) in [6.07, 6.45) is 2.51. The van der Waals surface area contributed by atoms with Crippen LogP contribution in [0, 0.1) is 5.92 Å². The first kappa shape index (κ1) is 17.9. The monoisotopic (exact) mass is 319 g/mol. The Morgan fingerprint density at radius 3 is 2.65 bits per heavy atom. The molecule has 0 spiro atoms. The molecule has 5 nitrogen and oxygen atoms in total. The van der Waals surface area contributed by atoms with Crippen LogP contribution in [0.25, 0.3) is 0 Å². The number of likely N-dealkylation sites (tertiary alicyclic amines) is 1. The molecule has 0 bridgehead atoms. The quantitative estimate of drug-likeness (QED) is 0.662. The van der Waals surface area contributed by atoms with Gasteiger partial charge in [0.2, 0.25) is 5.91 Å². The lowest BCUT2D eigenvalue weighted by Crippen LogP contribution is -2.39. The van der Waals surface area contributed by atoms with E-state index >= 15 is 0 Å². The number of piperidine rings is 1. The highest BCUT2D eigenvalue weighted by Gasteiger charge is 2.22. The fourth-order valence-corrected chi connectivity index (χ4v) is 2.95. The van der Waals surface area contributed by atoms with Crippen LogP contribution in [0.5, 0.6) is 0 Å². The van der Waals surface area contributed by atoms with Crippen LogP contribution < -0.4 is 11.1 Å². The lowest BCUT2D eigenvalue weighted by atomic mass is 9.95. The van der Waals surface area contributed by atoms with Crippen molar-refractivity contribution >= 4 is 5.91 Å². The van der Waals surface area contributed by atoms with E-state index in [2.05, 4.69) is 10.2 Å². The van der Waals surface area contributed by atoms with Crippen LogP contribution >= 0.6 is 0 Å². The summed E-state index contributed by atoms with van der Waals surface area (Å²) in [5.41, 5.74) is 7.17. The maximum absolute atomic E-state index is 12.2. The molecule has 0 aromatic heterocycles. The summed E-state index contributed by atoms with van der Waals surface area (Å²) >= 11 is 0. The minimum atomic E-state index is -0.278. The van der Waals surface area contributed by atoms with E-state index in [0.29, 0.717) is 6.54 Å². The molecule has 2 rings (SSSR count). The summed E-state index contributed by atoms with van der Waals surface area (Å²) < 4.78 is 0. The van der Waals surface area contributed by atoms with Crippen molar-refractivity contribution in [1.82, 2.24) is 10.2 Å². The molecule has 0 aliphatic carbocycles. The molecule has 128 valence electrons. The summed E-state index contributed by atoms with van der Waals surface area (Å²) in [7, 11) is 0. The average molecular weight is 319 g/mol. The van der Waals surface area contributed by atoms with Crippen molar-refractivity contribution in [1.29, 1.82) is 0 Å². The fraction of sp³-hybridized carbons (Fsp3) is 0.611. The van der Waals surface area contributed by atoms with Crippen molar-refractivity contribution in [2.45, 2.75) is 38.3 Å². The SMILES string of the molecule is CC(C(=O)NCCCN1CCC(O)CC1)C(N)c1ccccc1. The van der Waals surface area contributed by atoms with Gasteiger partial charge < -0.3 is 21.1 Å². The Kier molecular flexibility index (Phi) is 7.02. The first-order chi connectivity index (χ1) is 11.1. The Balaban J connectivity index is 1.66. The second-order valence-corrected chi connectivity index (χ2v) is 6.44. The second kappa shape index (κ2) is 9.01. The summed E-state index contributed by atoms with van der Waals surface area (Å²) in [5, 5.41) is 12.5. The molecule has 4 N–H and O–H groups in total. The largest absolute Gasteiger partial charge is 0.393 e. The first-order valence-electron chi connectivity index (χ1n) is 8.56. The lowest BCUT2D eigenvalue weighted by molar-refractivity contribution is -0.125. The van der Waals surface area contributed by atoms with Gasteiger partial charge in [-0.2, -0.15) is 0 Å². The molecule has 1 aliphatic rings. The van der Waals surface area contributed by atoms with E-state index in [0.717, 1.165) is 44.5 Å². The Labute approximate surface area is 138 Å². The molecule has 5 heteroatoms. The van der Waals surface area contributed by atoms with Gasteiger partial charge in [-0.1, -0.05) is 37.3 Å². The van der Waals surface area contributed by atoms with Crippen molar-refractivity contribution in [3.05, 3.63) is 35.9 Å². The number of rotatable bonds is 7. The molecule has 2 atom stereocenters. The zero-order valence-electron chi connectivity index (χ0n) is 13.9. The second-order valence-electron chi connectivity index (χ2n) is 6.44. The smallest absolute Gasteiger partial charge is 0.224 e. The Bertz CT molecular complexity index is 472. The van der Waals surface area contributed by atoms with Crippen LogP contribution in [0.15, 0.2) is 30.3 Å². The van der Waals surface area contributed by atoms with Gasteiger partial charge >= 0.3 is 0 Å². The molecule has 0 radical (unpaired) electrons. The average Bonchev–Trinajstić information content (AvgIpc) is 2.59. The Morgan fingerprint density at radius 1 is 1.35 bits per heavy atom. The summed E-state index contributed by atoms with van der Waals surface area (Å²) in [6, 6.07) is 9.46. The maximum Gasteiger partial charge on any atom is 0.224 e. The van der Waals surface area contributed by atoms with E-state index in [1.165, 1.54) is 0 Å². The highest BCUT2D eigenvalue weighted by molar-refractivity contribution is 5.79. The maximum atomic E-state index is 12.2. The molecule has 1 aromatic rings. The highest BCUT2D eigenvalue weighted by Crippen LogP contribution is 2.19. The Morgan fingerprint density at radius 2 is 2.00 bits per heavy atom. The zero-order chi connectivity index (χ0) is 16.7. The third kappa shape index (κ3) is 5.61. The minimum Gasteiger partial charge on any atom is -0.393 e. The lowest BCUT2D eigenvalue weighted by Gasteiger charge is -2.29. The molecule has 23 heavy (non-hydrogen) atoms. The molecule has 1 heterocycles. The molecular formula is C18H29N3O2. The third-order valence-electron chi connectivity index (χ3n) is 4.64. The van der Waals surface area contributed by atoms with E-state index in [-0.39, 0.29) is 24.0 Å². The van der Waals surface area contributed by atoms with Gasteiger partial charge in [0.25, 0.3) is 0 Å². The van der Waals surface area contributed by atoms with Gasteiger partial charge in [-0.05, 0) is 31.4 Å². The van der Waals surface area contributed by atoms with E-state index in [1.807, 2.05) is 37.3 Å². The number of aliphatic hydroxyl groups excluding tert-OH is 1. The van der Waals surface area contributed by atoms with Crippen LogP contribution in [0.3, 0.4) is 0 Å². The molecule has 1 aliphatic heterocycles. The summed E-state index contributed by atoms with van der Waals surface area (Å²) in [4.78, 5) is 14.6. The summed E-state index contributed by atoms with van der Waals surface area (Å²) in [5.74, 6) is -0.238. The number of nitrogens with zero attached hydrogens (tertiary/aromatic N) is 1. The summed E-state index contributed by atoms with van der Waals surface area (Å²) in [6.45, 7) is 5.41. The first-order valence-corrected chi connectivity index (χ1v) is 8.56. The van der Waals surface area contributed by atoms with Gasteiger partial charge in [0.1, 0.15) is 0 Å². The number of carbonyl (C=O) groups excluding carboxylic acids is 1. The van der Waals surface area contributed by atoms with Crippen LogP contribution in [0.2, 0.25) is 0 Å². The van der Waals surface area contributed by atoms with Gasteiger partial charge in [-0.25, -0.2) is 0 Å². The van der Waals surface area contributed by atoms with Crippen molar-refractivity contribution < 1.29 is 9.90 Å². The van der Waals surface area contributed by atoms with Gasteiger partial charge in [-0.15, -0.1) is 0 Å². The standard InChI is InChI=1S/C18H29N3O2/c1-14(17(19)15-6-3-2-4-7-15)18(23)20-10-5-11-21-12-8-16(22)9-13-21/h2-4,6-7,14,16-17,22H,5,8-13,19H2,1H3,(H,20,23). The number of carbonyl (C=O) groups is 1. The van der Waals surface area contributed by atoms with Crippen molar-refractivity contribution in [3.63, 3.8) is 0 Å². The molecular weight excluding hydrogens is 290 g/mol. The normalized spacial score (nSPS) is 19.3. The van der Waals surface area contributed by atoms with Gasteiger partial charge in [0, 0.05) is 25.7 Å². The molecule has 2 unspecified atom stereocenters. The molecule has 1 saturated heterocycles. The predicted octanol–water partition coefficient (Wildman–Crippen LogP) is 1.29. The van der Waals surface area contributed by atoms with E-state index in [9.17, 15) is 9.90 Å². The number of hydrogen-bond acceptors (Lipinski definition) is 4. The van der Waals surface area contributed by atoms with Crippen LogP contribution in [0.4, 0.5) is 0 Å². The van der Waals surface area contributed by atoms with Crippen molar-refractivity contribution in [2.75, 3.05) is 26.2 Å². The van der Waals surface area contributed by atoms with Gasteiger partial charge in [0.05, 0.1) is 12.0 Å². The number of hydrogen-bond donors (Lipinski definition) is 3. The van der Waals surface area contributed by atoms with E-state index < -0.39 is 0 Å². The zero-order valence-corrected chi connectivity index (χ0v) is 13.9. The number of amides is 1. The van der Waals surface area contributed by atoms with Crippen LogP contribution in [0.1, 0.15) is 37.8 Å². The molecule has 1 amide bonds. The molecule has 1 fully saturated rings. The Hall–Kier alpha value is -1.43. The van der Waals surface area contributed by atoms with Crippen molar-refractivity contribution in [2.24, 2.45) is 11.7 Å². The third-order valence-corrected chi connectivity index (χ3v) is 4.64. The minimum absolute atomic E-state index is 0.00965. The number of benzene rings is 1. The topological polar surface area (TPSA) is 78.6 Å². The van der Waals surface area contributed by atoms with Gasteiger partial charge in [-0.3, -0.25) is 4.79 Å².